The van der Waals surface area contributed by atoms with Crippen molar-refractivity contribution in [2.75, 3.05) is 18.1 Å². The Labute approximate surface area is 70.6 Å². The van der Waals surface area contributed by atoms with E-state index in [2.05, 4.69) is 12.2 Å². The van der Waals surface area contributed by atoms with Crippen LogP contribution in [0.3, 0.4) is 0 Å². The fourth-order valence-corrected chi connectivity index (χ4v) is 2.10. The van der Waals surface area contributed by atoms with Crippen LogP contribution in [0, 0.1) is 0 Å². The van der Waals surface area contributed by atoms with E-state index in [4.69, 9.17) is 0 Å². The van der Waals surface area contributed by atoms with Gasteiger partial charge in [-0.2, -0.15) is 0 Å². The highest BCUT2D eigenvalue weighted by molar-refractivity contribution is 7.85. The second kappa shape index (κ2) is 5.10. The molecule has 1 aliphatic heterocycles. The van der Waals surface area contributed by atoms with E-state index in [1.807, 2.05) is 0 Å². The molecule has 1 rings (SSSR count). The quantitative estimate of drug-likeness (QED) is 0.594. The molecule has 1 N–H and O–H groups in total. The zero-order chi connectivity index (χ0) is 6.69. The number of hydrogen-bond donors (Lipinski definition) is 1. The maximum absolute atomic E-state index is 10.9. The van der Waals surface area contributed by atoms with E-state index >= 15 is 0 Å². The summed E-state index contributed by atoms with van der Waals surface area (Å²) < 4.78 is 10.9. The molecule has 2 nitrogen and oxygen atoms in total. The fraction of sp³-hybridized carbons (Fsp3) is 1.00. The van der Waals surface area contributed by atoms with Gasteiger partial charge < -0.3 is 5.32 Å². The minimum atomic E-state index is -0.541. The summed E-state index contributed by atoms with van der Waals surface area (Å²) in [7, 11) is -0.541. The summed E-state index contributed by atoms with van der Waals surface area (Å²) >= 11 is 0. The molecular formula is C6H14ClNOS. The molecule has 10 heavy (non-hydrogen) atoms. The lowest BCUT2D eigenvalue weighted by atomic mass is 10.3. The summed E-state index contributed by atoms with van der Waals surface area (Å²) in [5.74, 6) is 1.72. The van der Waals surface area contributed by atoms with Crippen LogP contribution >= 0.6 is 12.4 Å². The van der Waals surface area contributed by atoms with Crippen molar-refractivity contribution < 1.29 is 4.21 Å². The third kappa shape index (κ3) is 3.54. The van der Waals surface area contributed by atoms with Gasteiger partial charge in [0.15, 0.2) is 0 Å². The Kier molecular flexibility index (Phi) is 5.31. The van der Waals surface area contributed by atoms with Gasteiger partial charge in [0.2, 0.25) is 0 Å². The van der Waals surface area contributed by atoms with E-state index in [1.165, 1.54) is 0 Å². The van der Waals surface area contributed by atoms with Gasteiger partial charge in [0.1, 0.15) is 0 Å². The van der Waals surface area contributed by atoms with Crippen LogP contribution in [0.25, 0.3) is 0 Å². The Hall–Kier alpha value is 0.400. The average Bonchev–Trinajstić information content (AvgIpc) is 1.97. The van der Waals surface area contributed by atoms with E-state index < -0.39 is 10.8 Å². The normalized spacial score (nSPS) is 34.1. The molecule has 4 heteroatoms. The van der Waals surface area contributed by atoms with E-state index in [0.29, 0.717) is 6.04 Å². The predicted molar refractivity (Wildman–Crippen MR) is 47.2 cm³/mol. The SMILES string of the molecule is CC1CCS(=O)CCN1.Cl. The van der Waals surface area contributed by atoms with E-state index in [0.717, 1.165) is 24.5 Å². The van der Waals surface area contributed by atoms with Crippen molar-refractivity contribution in [2.45, 2.75) is 19.4 Å². The van der Waals surface area contributed by atoms with Gasteiger partial charge in [-0.15, -0.1) is 12.4 Å². The minimum Gasteiger partial charge on any atom is -0.313 e. The maximum atomic E-state index is 10.9. The first-order valence-corrected chi connectivity index (χ1v) is 4.86. The van der Waals surface area contributed by atoms with Crippen molar-refractivity contribution in [1.82, 2.24) is 5.32 Å². The zero-order valence-electron chi connectivity index (χ0n) is 6.13. The number of hydrogen-bond acceptors (Lipinski definition) is 2. The molecule has 0 aromatic carbocycles. The second-order valence-corrected chi connectivity index (χ2v) is 4.19. The predicted octanol–water partition coefficient (Wildman–Crippen LogP) is 0.539. The lowest BCUT2D eigenvalue weighted by molar-refractivity contribution is 0.567. The smallest absolute Gasteiger partial charge is 0.0360 e. The van der Waals surface area contributed by atoms with Crippen LogP contribution in [-0.4, -0.2) is 28.3 Å². The van der Waals surface area contributed by atoms with Crippen LogP contribution in [0.1, 0.15) is 13.3 Å². The first-order chi connectivity index (χ1) is 4.29. The fourth-order valence-electron chi connectivity index (χ4n) is 0.932. The Morgan fingerprint density at radius 1 is 1.50 bits per heavy atom. The van der Waals surface area contributed by atoms with E-state index in [-0.39, 0.29) is 12.4 Å². The van der Waals surface area contributed by atoms with Gasteiger partial charge in [-0.05, 0) is 13.3 Å². The zero-order valence-corrected chi connectivity index (χ0v) is 7.76. The van der Waals surface area contributed by atoms with Crippen LogP contribution in [0.2, 0.25) is 0 Å². The van der Waals surface area contributed by atoms with Gasteiger partial charge >= 0.3 is 0 Å². The topological polar surface area (TPSA) is 29.1 Å². The summed E-state index contributed by atoms with van der Waals surface area (Å²) in [5.41, 5.74) is 0. The largest absolute Gasteiger partial charge is 0.313 e. The van der Waals surface area contributed by atoms with Crippen LogP contribution in [-0.2, 0) is 10.8 Å². The number of nitrogens with one attached hydrogen (secondary N) is 1. The molecule has 1 saturated heterocycles. The van der Waals surface area contributed by atoms with Crippen molar-refractivity contribution in [2.24, 2.45) is 0 Å². The molecule has 1 heterocycles. The third-order valence-corrected chi connectivity index (χ3v) is 2.95. The number of rotatable bonds is 0. The molecule has 1 aliphatic rings. The van der Waals surface area contributed by atoms with Crippen LogP contribution in [0.5, 0.6) is 0 Å². The molecule has 0 amide bonds. The highest BCUT2D eigenvalue weighted by Gasteiger charge is 2.09. The van der Waals surface area contributed by atoms with E-state index in [9.17, 15) is 4.21 Å². The molecule has 0 spiro atoms. The molecule has 0 aromatic heterocycles. The molecule has 0 aromatic rings. The van der Waals surface area contributed by atoms with Crippen molar-refractivity contribution in [3.8, 4) is 0 Å². The first-order valence-electron chi connectivity index (χ1n) is 3.37. The van der Waals surface area contributed by atoms with Crippen LogP contribution in [0.4, 0.5) is 0 Å². The van der Waals surface area contributed by atoms with Gasteiger partial charge in [-0.1, -0.05) is 0 Å². The monoisotopic (exact) mass is 183 g/mol. The Bertz CT molecular complexity index is 120. The van der Waals surface area contributed by atoms with Gasteiger partial charge in [0, 0.05) is 34.9 Å². The molecule has 0 aliphatic carbocycles. The summed E-state index contributed by atoms with van der Waals surface area (Å²) in [6.07, 6.45) is 1.06. The standard InChI is InChI=1S/C6H13NOS.ClH/c1-6-2-4-9(8)5-3-7-6;/h6-7H,2-5H2,1H3;1H. The molecule has 62 valence electrons. The van der Waals surface area contributed by atoms with Crippen molar-refractivity contribution in [1.29, 1.82) is 0 Å². The molecule has 0 bridgehead atoms. The van der Waals surface area contributed by atoms with Crippen molar-refractivity contribution in [3.63, 3.8) is 0 Å². The van der Waals surface area contributed by atoms with Gasteiger partial charge in [-0.25, -0.2) is 0 Å². The number of halogens is 1. The lowest BCUT2D eigenvalue weighted by Crippen LogP contribution is -2.26. The average molecular weight is 184 g/mol. The molecular weight excluding hydrogens is 170 g/mol. The maximum Gasteiger partial charge on any atom is 0.0360 e. The Morgan fingerprint density at radius 2 is 2.20 bits per heavy atom. The summed E-state index contributed by atoms with van der Waals surface area (Å²) in [6.45, 7) is 3.07. The second-order valence-electron chi connectivity index (χ2n) is 2.49. The molecule has 2 unspecified atom stereocenters. The van der Waals surface area contributed by atoms with Crippen molar-refractivity contribution >= 4 is 23.2 Å². The van der Waals surface area contributed by atoms with E-state index in [1.54, 1.807) is 0 Å². The highest BCUT2D eigenvalue weighted by atomic mass is 35.5. The molecule has 1 fully saturated rings. The van der Waals surface area contributed by atoms with Crippen molar-refractivity contribution in [3.05, 3.63) is 0 Å². The van der Waals surface area contributed by atoms with Gasteiger partial charge in [-0.3, -0.25) is 4.21 Å². The summed E-state index contributed by atoms with van der Waals surface area (Å²) in [4.78, 5) is 0. The minimum absolute atomic E-state index is 0. The van der Waals surface area contributed by atoms with Crippen LogP contribution in [0.15, 0.2) is 0 Å². The third-order valence-electron chi connectivity index (χ3n) is 1.60. The van der Waals surface area contributed by atoms with Crippen LogP contribution < -0.4 is 5.32 Å². The molecule has 0 saturated carbocycles. The Morgan fingerprint density at radius 3 is 2.90 bits per heavy atom. The highest BCUT2D eigenvalue weighted by Crippen LogP contribution is 1.97. The lowest BCUT2D eigenvalue weighted by Gasteiger charge is -2.05. The molecule has 0 radical (unpaired) electrons. The van der Waals surface area contributed by atoms with Gasteiger partial charge in [0.05, 0.1) is 0 Å². The Balaban J connectivity index is 0.000000810. The summed E-state index contributed by atoms with van der Waals surface area (Å²) in [6, 6.07) is 0.566. The first kappa shape index (κ1) is 10.4. The summed E-state index contributed by atoms with van der Waals surface area (Å²) in [5, 5.41) is 3.28. The molecule has 2 atom stereocenters. The van der Waals surface area contributed by atoms with Gasteiger partial charge in [0.25, 0.3) is 0 Å².